The van der Waals surface area contributed by atoms with E-state index in [1.807, 2.05) is 6.92 Å². The van der Waals surface area contributed by atoms with Gasteiger partial charge in [-0.05, 0) is 6.54 Å². The molecule has 4 heteroatoms. The number of rotatable bonds is 4. The smallest absolute Gasteiger partial charge is 0.141 e. The molecule has 3 nitrogen and oxygen atoms in total. The Labute approximate surface area is 51.0 Å². The zero-order chi connectivity index (χ0) is 6.41. The molecule has 0 atom stereocenters. The van der Waals surface area contributed by atoms with Crippen LogP contribution in [0.4, 0.5) is 0 Å². The Morgan fingerprint density at radius 2 is 2.12 bits per heavy atom. The lowest BCUT2D eigenvalue weighted by molar-refractivity contribution is 0.610. The summed E-state index contributed by atoms with van der Waals surface area (Å²) in [5.74, 6) is 0.253. The maximum Gasteiger partial charge on any atom is 0.141 e. The van der Waals surface area contributed by atoms with Gasteiger partial charge in [-0.15, -0.1) is 0 Å². The molecule has 0 aliphatic carbocycles. The van der Waals surface area contributed by atoms with Crippen molar-refractivity contribution in [3.63, 3.8) is 0 Å². The van der Waals surface area contributed by atoms with Crippen LogP contribution in [0.25, 0.3) is 0 Å². The van der Waals surface area contributed by atoms with Gasteiger partial charge in [-0.1, -0.05) is 6.92 Å². The molecule has 0 bridgehead atoms. The van der Waals surface area contributed by atoms with Crippen molar-refractivity contribution >= 4 is 10.7 Å². The average molecular weight is 137 g/mol. The predicted octanol–water partition coefficient (Wildman–Crippen LogP) is -0.793. The van der Waals surface area contributed by atoms with Gasteiger partial charge in [0.2, 0.25) is 0 Å². The van der Waals surface area contributed by atoms with Crippen molar-refractivity contribution < 1.29 is 8.42 Å². The molecule has 0 spiro atoms. The predicted molar refractivity (Wildman–Crippen MR) is 33.7 cm³/mol. The van der Waals surface area contributed by atoms with E-state index in [0.29, 0.717) is 6.54 Å². The molecule has 0 saturated heterocycles. The molecule has 50 valence electrons. The molecule has 0 saturated carbocycles. The fourth-order valence-corrected chi connectivity index (χ4v) is 0.688. The van der Waals surface area contributed by atoms with Crippen LogP contribution in [0.3, 0.4) is 0 Å². The van der Waals surface area contributed by atoms with Gasteiger partial charge in [0.15, 0.2) is 0 Å². The Bertz CT molecular complexity index is 103. The second kappa shape index (κ2) is 5.05. The van der Waals surface area contributed by atoms with E-state index in [1.54, 1.807) is 0 Å². The molecule has 0 unspecified atom stereocenters. The lowest BCUT2D eigenvalue weighted by Gasteiger charge is -1.91. The van der Waals surface area contributed by atoms with Gasteiger partial charge in [0.05, 0.1) is 5.75 Å². The van der Waals surface area contributed by atoms with Crippen LogP contribution < -0.4 is 5.32 Å². The minimum absolute atomic E-state index is 0.253. The van der Waals surface area contributed by atoms with E-state index in [-0.39, 0.29) is 5.75 Å². The highest BCUT2D eigenvalue weighted by Crippen LogP contribution is 1.61. The van der Waals surface area contributed by atoms with Gasteiger partial charge < -0.3 is 5.32 Å². The van der Waals surface area contributed by atoms with E-state index in [4.69, 9.17) is 0 Å². The molecule has 0 aliphatic heterocycles. The lowest BCUT2D eigenvalue weighted by atomic mass is 10.7. The van der Waals surface area contributed by atoms with Gasteiger partial charge >= 0.3 is 0 Å². The first kappa shape index (κ1) is 7.91. The molecule has 1 N–H and O–H groups in total. The van der Waals surface area contributed by atoms with Crippen molar-refractivity contribution in [3.8, 4) is 0 Å². The van der Waals surface area contributed by atoms with Crippen LogP contribution in [-0.2, 0) is 10.7 Å². The van der Waals surface area contributed by atoms with Crippen molar-refractivity contribution in [2.45, 2.75) is 6.92 Å². The van der Waals surface area contributed by atoms with Crippen LogP contribution in [0, 0.1) is 0 Å². The molecule has 0 aromatic carbocycles. The SMILES string of the molecule is CCNCC[SH](=O)=O. The summed E-state index contributed by atoms with van der Waals surface area (Å²) in [4.78, 5) is 0. The third-order valence-electron chi connectivity index (χ3n) is 0.721. The first-order valence-corrected chi connectivity index (χ1v) is 3.96. The maximum atomic E-state index is 9.87. The van der Waals surface area contributed by atoms with Crippen molar-refractivity contribution in [1.82, 2.24) is 5.32 Å². The van der Waals surface area contributed by atoms with Crippen LogP contribution in [0.1, 0.15) is 6.92 Å². The summed E-state index contributed by atoms with van der Waals surface area (Å²) in [5, 5.41) is 2.90. The van der Waals surface area contributed by atoms with Gasteiger partial charge in [0.1, 0.15) is 10.7 Å². The topological polar surface area (TPSA) is 46.2 Å². The highest BCUT2D eigenvalue weighted by molar-refractivity contribution is 7.72. The molecule has 0 rings (SSSR count). The van der Waals surface area contributed by atoms with Gasteiger partial charge in [-0.3, -0.25) is 0 Å². The largest absolute Gasteiger partial charge is 0.316 e. The van der Waals surface area contributed by atoms with Crippen molar-refractivity contribution in [2.24, 2.45) is 0 Å². The number of hydrogen-bond donors (Lipinski definition) is 2. The fraction of sp³-hybridized carbons (Fsp3) is 1.00. The molecular formula is C4H11NO2S. The molecule has 0 aromatic rings. The molecule has 0 amide bonds. The minimum Gasteiger partial charge on any atom is -0.316 e. The van der Waals surface area contributed by atoms with Crippen LogP contribution in [0.5, 0.6) is 0 Å². The quantitative estimate of drug-likeness (QED) is 0.394. The molecule has 0 heterocycles. The van der Waals surface area contributed by atoms with E-state index in [9.17, 15) is 8.42 Å². The Kier molecular flexibility index (Phi) is 5.00. The van der Waals surface area contributed by atoms with Crippen molar-refractivity contribution in [2.75, 3.05) is 18.8 Å². The Morgan fingerprint density at radius 3 is 2.50 bits per heavy atom. The monoisotopic (exact) mass is 137 g/mol. The minimum atomic E-state index is -2.17. The zero-order valence-corrected chi connectivity index (χ0v) is 5.78. The summed E-state index contributed by atoms with van der Waals surface area (Å²) < 4.78 is 19.7. The Morgan fingerprint density at radius 1 is 1.50 bits per heavy atom. The third kappa shape index (κ3) is 5.91. The molecule has 0 aliphatic rings. The molecule has 0 aromatic heterocycles. The fourth-order valence-electron chi connectivity index (χ4n) is 0.347. The van der Waals surface area contributed by atoms with Gasteiger partial charge in [-0.2, -0.15) is 0 Å². The van der Waals surface area contributed by atoms with Crippen molar-refractivity contribution in [3.05, 3.63) is 0 Å². The molecular weight excluding hydrogens is 126 g/mol. The zero-order valence-electron chi connectivity index (χ0n) is 4.89. The summed E-state index contributed by atoms with van der Waals surface area (Å²) in [6.45, 7) is 3.36. The normalized spacial score (nSPS) is 10.2. The lowest BCUT2D eigenvalue weighted by Crippen LogP contribution is -2.17. The van der Waals surface area contributed by atoms with E-state index < -0.39 is 10.7 Å². The van der Waals surface area contributed by atoms with Gasteiger partial charge in [0.25, 0.3) is 0 Å². The first-order chi connectivity index (χ1) is 3.77. The summed E-state index contributed by atoms with van der Waals surface area (Å²) in [6, 6.07) is 0. The highest BCUT2D eigenvalue weighted by Gasteiger charge is 1.83. The van der Waals surface area contributed by atoms with E-state index in [0.717, 1.165) is 6.54 Å². The number of nitrogens with one attached hydrogen (secondary N) is 1. The second-order valence-electron chi connectivity index (χ2n) is 1.41. The molecule has 0 fully saturated rings. The maximum absolute atomic E-state index is 9.87. The highest BCUT2D eigenvalue weighted by atomic mass is 32.2. The van der Waals surface area contributed by atoms with E-state index in [2.05, 4.69) is 5.32 Å². The van der Waals surface area contributed by atoms with Gasteiger partial charge in [0, 0.05) is 6.54 Å². The van der Waals surface area contributed by atoms with Crippen molar-refractivity contribution in [1.29, 1.82) is 0 Å². The van der Waals surface area contributed by atoms with Gasteiger partial charge in [-0.25, -0.2) is 8.42 Å². The summed E-state index contributed by atoms with van der Waals surface area (Å²) in [5.41, 5.74) is 0. The average Bonchev–Trinajstić information content (AvgIpc) is 1.66. The van der Waals surface area contributed by atoms with E-state index >= 15 is 0 Å². The Balaban J connectivity index is 2.94. The van der Waals surface area contributed by atoms with Crippen LogP contribution in [0.2, 0.25) is 0 Å². The molecule has 8 heavy (non-hydrogen) atoms. The summed E-state index contributed by atoms with van der Waals surface area (Å²) in [7, 11) is -2.17. The third-order valence-corrected chi connectivity index (χ3v) is 1.31. The van der Waals surface area contributed by atoms with Crippen LogP contribution in [-0.4, -0.2) is 27.3 Å². The summed E-state index contributed by atoms with van der Waals surface area (Å²) >= 11 is 0. The first-order valence-electron chi connectivity index (χ1n) is 2.60. The van der Waals surface area contributed by atoms with E-state index in [1.165, 1.54) is 0 Å². The summed E-state index contributed by atoms with van der Waals surface area (Å²) in [6.07, 6.45) is 0. The standard InChI is InChI=1S/C4H11NO2S/c1-2-5-3-4-8(6)7/h5,8H,2-4H2,1H3. The Hall–Kier alpha value is -0.0900. The molecule has 0 radical (unpaired) electrons. The van der Waals surface area contributed by atoms with Crippen LogP contribution in [0.15, 0.2) is 0 Å². The second-order valence-corrected chi connectivity index (χ2v) is 2.52. The van der Waals surface area contributed by atoms with Crippen LogP contribution >= 0.6 is 0 Å². The number of hydrogen-bond acceptors (Lipinski definition) is 3. The number of thiol groups is 1.